The molecule has 0 heterocycles. The van der Waals surface area contributed by atoms with E-state index in [0.717, 1.165) is 12.1 Å². The summed E-state index contributed by atoms with van der Waals surface area (Å²) in [6, 6.07) is 10.3. The van der Waals surface area contributed by atoms with Crippen LogP contribution in [-0.2, 0) is 11.0 Å². The molecule has 0 saturated carbocycles. The summed E-state index contributed by atoms with van der Waals surface area (Å²) in [5.74, 6) is -1.00. The molecule has 2 amide bonds. The molecule has 0 saturated heterocycles. The molecule has 2 rings (SSSR count). The van der Waals surface area contributed by atoms with Crippen molar-refractivity contribution >= 4 is 23.4 Å². The monoisotopic (exact) mass is 384 g/mol. The summed E-state index contributed by atoms with van der Waals surface area (Å²) >= 11 is 5.79. The van der Waals surface area contributed by atoms with Crippen LogP contribution in [0.4, 0.5) is 13.2 Å². The standard InChI is InChI=1S/C18H16ClF3N2O2/c1-11(12-4-2-6-14(8-12)18(20,21)22)24-16(25)10-23-17(26)13-5-3-7-15(19)9-13/h2-9,11H,10H2,1H3,(H,23,26)(H,24,25)/t11-/m1/s1. The van der Waals surface area contributed by atoms with Crippen LogP contribution in [0.5, 0.6) is 0 Å². The molecule has 26 heavy (non-hydrogen) atoms. The molecule has 0 fully saturated rings. The van der Waals surface area contributed by atoms with Crippen molar-refractivity contribution in [1.82, 2.24) is 10.6 Å². The zero-order valence-electron chi connectivity index (χ0n) is 13.7. The lowest BCUT2D eigenvalue weighted by molar-refractivity contribution is -0.137. The zero-order valence-corrected chi connectivity index (χ0v) is 14.5. The Balaban J connectivity index is 1.92. The normalized spacial score (nSPS) is 12.3. The summed E-state index contributed by atoms with van der Waals surface area (Å²) in [4.78, 5) is 23.9. The Labute approximate surface area is 153 Å². The van der Waals surface area contributed by atoms with Crippen LogP contribution in [0.2, 0.25) is 5.02 Å². The van der Waals surface area contributed by atoms with Crippen LogP contribution in [0.3, 0.4) is 0 Å². The van der Waals surface area contributed by atoms with E-state index in [4.69, 9.17) is 11.6 Å². The van der Waals surface area contributed by atoms with Gasteiger partial charge in [0.15, 0.2) is 0 Å². The Hall–Kier alpha value is -2.54. The number of amides is 2. The molecular weight excluding hydrogens is 369 g/mol. The van der Waals surface area contributed by atoms with Gasteiger partial charge in [-0.3, -0.25) is 9.59 Å². The predicted molar refractivity (Wildman–Crippen MR) is 91.8 cm³/mol. The highest BCUT2D eigenvalue weighted by molar-refractivity contribution is 6.30. The van der Waals surface area contributed by atoms with Crippen LogP contribution in [0.25, 0.3) is 0 Å². The molecular formula is C18H16ClF3N2O2. The average molecular weight is 385 g/mol. The number of halogens is 4. The van der Waals surface area contributed by atoms with Crippen LogP contribution in [0.15, 0.2) is 48.5 Å². The van der Waals surface area contributed by atoms with Crippen molar-refractivity contribution < 1.29 is 22.8 Å². The first kappa shape index (κ1) is 19.8. The van der Waals surface area contributed by atoms with Gasteiger partial charge in [-0.1, -0.05) is 29.8 Å². The van der Waals surface area contributed by atoms with Crippen molar-refractivity contribution in [2.45, 2.75) is 19.1 Å². The van der Waals surface area contributed by atoms with Crippen LogP contribution in [-0.4, -0.2) is 18.4 Å². The lowest BCUT2D eigenvalue weighted by Gasteiger charge is -2.16. The van der Waals surface area contributed by atoms with Gasteiger partial charge < -0.3 is 10.6 Å². The second-order valence-corrected chi connectivity index (χ2v) is 6.04. The lowest BCUT2D eigenvalue weighted by Crippen LogP contribution is -2.38. The van der Waals surface area contributed by atoms with Crippen molar-refractivity contribution in [3.05, 3.63) is 70.2 Å². The molecule has 0 spiro atoms. The smallest absolute Gasteiger partial charge is 0.348 e. The fraction of sp³-hybridized carbons (Fsp3) is 0.222. The van der Waals surface area contributed by atoms with Crippen LogP contribution in [0, 0.1) is 0 Å². The molecule has 0 radical (unpaired) electrons. The van der Waals surface area contributed by atoms with E-state index in [-0.39, 0.29) is 6.54 Å². The molecule has 2 aromatic carbocycles. The molecule has 1 atom stereocenters. The summed E-state index contributed by atoms with van der Waals surface area (Å²) < 4.78 is 38.2. The SMILES string of the molecule is C[C@@H](NC(=O)CNC(=O)c1cccc(Cl)c1)c1cccc(C(F)(F)F)c1. The molecule has 0 aliphatic heterocycles. The van der Waals surface area contributed by atoms with Gasteiger partial charge >= 0.3 is 6.18 Å². The fourth-order valence-electron chi connectivity index (χ4n) is 2.25. The minimum Gasteiger partial charge on any atom is -0.348 e. The van der Waals surface area contributed by atoms with E-state index in [1.165, 1.54) is 18.2 Å². The van der Waals surface area contributed by atoms with Crippen molar-refractivity contribution in [1.29, 1.82) is 0 Å². The Kier molecular flexibility index (Phi) is 6.26. The molecule has 0 aromatic heterocycles. The van der Waals surface area contributed by atoms with Crippen LogP contribution < -0.4 is 10.6 Å². The van der Waals surface area contributed by atoms with Crippen molar-refractivity contribution in [3.8, 4) is 0 Å². The van der Waals surface area contributed by atoms with E-state index >= 15 is 0 Å². The summed E-state index contributed by atoms with van der Waals surface area (Å²) in [6.45, 7) is 1.25. The molecule has 2 N–H and O–H groups in total. The second-order valence-electron chi connectivity index (χ2n) is 5.61. The number of benzene rings is 2. The molecule has 2 aromatic rings. The van der Waals surface area contributed by atoms with Crippen molar-refractivity contribution in [3.63, 3.8) is 0 Å². The van der Waals surface area contributed by atoms with E-state index < -0.39 is 29.6 Å². The fourth-order valence-corrected chi connectivity index (χ4v) is 2.44. The maximum absolute atomic E-state index is 12.7. The number of carbonyl (C=O) groups is 2. The highest BCUT2D eigenvalue weighted by Crippen LogP contribution is 2.30. The van der Waals surface area contributed by atoms with Gasteiger partial charge in [0.05, 0.1) is 18.2 Å². The van der Waals surface area contributed by atoms with Gasteiger partial charge in [0, 0.05) is 10.6 Å². The third-order valence-corrected chi connectivity index (χ3v) is 3.82. The number of nitrogens with one attached hydrogen (secondary N) is 2. The topological polar surface area (TPSA) is 58.2 Å². The summed E-state index contributed by atoms with van der Waals surface area (Å²) in [5, 5.41) is 5.36. The zero-order chi connectivity index (χ0) is 19.3. The van der Waals surface area contributed by atoms with E-state index in [2.05, 4.69) is 10.6 Å². The van der Waals surface area contributed by atoms with Gasteiger partial charge in [0.25, 0.3) is 5.91 Å². The van der Waals surface area contributed by atoms with Crippen LogP contribution >= 0.6 is 11.6 Å². The van der Waals surface area contributed by atoms with Crippen LogP contribution in [0.1, 0.15) is 34.5 Å². The summed E-state index contributed by atoms with van der Waals surface area (Å²) in [5.41, 5.74) is -0.170. The molecule has 0 bridgehead atoms. The molecule has 138 valence electrons. The average Bonchev–Trinajstić information content (AvgIpc) is 2.59. The van der Waals surface area contributed by atoms with Gasteiger partial charge in [-0.2, -0.15) is 13.2 Å². The summed E-state index contributed by atoms with van der Waals surface area (Å²) in [7, 11) is 0. The van der Waals surface area contributed by atoms with Gasteiger partial charge in [-0.25, -0.2) is 0 Å². The van der Waals surface area contributed by atoms with E-state index in [1.54, 1.807) is 25.1 Å². The molecule has 0 aliphatic rings. The van der Waals surface area contributed by atoms with Gasteiger partial charge in [-0.05, 0) is 42.8 Å². The van der Waals surface area contributed by atoms with Crippen molar-refractivity contribution in [2.24, 2.45) is 0 Å². The van der Waals surface area contributed by atoms with E-state index in [1.807, 2.05) is 0 Å². The van der Waals surface area contributed by atoms with Crippen molar-refractivity contribution in [2.75, 3.05) is 6.54 Å². The first-order valence-corrected chi connectivity index (χ1v) is 8.05. The third-order valence-electron chi connectivity index (χ3n) is 3.59. The number of hydrogen-bond acceptors (Lipinski definition) is 2. The van der Waals surface area contributed by atoms with Gasteiger partial charge in [0.1, 0.15) is 0 Å². The largest absolute Gasteiger partial charge is 0.416 e. The highest BCUT2D eigenvalue weighted by atomic mass is 35.5. The minimum absolute atomic E-state index is 0.302. The molecule has 4 nitrogen and oxygen atoms in total. The number of carbonyl (C=O) groups excluding carboxylic acids is 2. The number of alkyl halides is 3. The summed E-state index contributed by atoms with van der Waals surface area (Å²) in [6.07, 6.45) is -4.45. The first-order valence-electron chi connectivity index (χ1n) is 7.67. The number of rotatable bonds is 5. The van der Waals surface area contributed by atoms with E-state index in [9.17, 15) is 22.8 Å². The number of hydrogen-bond donors (Lipinski definition) is 2. The maximum Gasteiger partial charge on any atom is 0.416 e. The highest BCUT2D eigenvalue weighted by Gasteiger charge is 2.30. The molecule has 0 aliphatic carbocycles. The Morgan fingerprint density at radius 3 is 2.46 bits per heavy atom. The second kappa shape index (κ2) is 8.23. The Bertz CT molecular complexity index is 809. The maximum atomic E-state index is 12.7. The molecule has 0 unspecified atom stereocenters. The Morgan fingerprint density at radius 2 is 1.81 bits per heavy atom. The first-order chi connectivity index (χ1) is 12.2. The van der Waals surface area contributed by atoms with Gasteiger partial charge in [-0.15, -0.1) is 0 Å². The predicted octanol–water partition coefficient (Wildman–Crippen LogP) is 3.97. The third kappa shape index (κ3) is 5.49. The quantitative estimate of drug-likeness (QED) is 0.819. The molecule has 8 heteroatoms. The Morgan fingerprint density at radius 1 is 1.12 bits per heavy atom. The van der Waals surface area contributed by atoms with Gasteiger partial charge in [0.2, 0.25) is 5.91 Å². The van der Waals surface area contributed by atoms with E-state index in [0.29, 0.717) is 16.1 Å². The lowest BCUT2D eigenvalue weighted by atomic mass is 10.0. The minimum atomic E-state index is -4.45.